The first kappa shape index (κ1) is 15.0. The summed E-state index contributed by atoms with van der Waals surface area (Å²) in [5, 5.41) is 11.9. The fourth-order valence-electron chi connectivity index (χ4n) is 1.68. The van der Waals surface area contributed by atoms with Crippen LogP contribution in [0.1, 0.15) is 18.4 Å². The van der Waals surface area contributed by atoms with E-state index in [9.17, 15) is 9.59 Å². The zero-order valence-corrected chi connectivity index (χ0v) is 10.8. The van der Waals surface area contributed by atoms with Crippen molar-refractivity contribution in [1.29, 1.82) is 0 Å². The summed E-state index contributed by atoms with van der Waals surface area (Å²) in [6.45, 7) is 0.347. The summed E-state index contributed by atoms with van der Waals surface area (Å²) in [6, 6.07) is 6.52. The van der Waals surface area contributed by atoms with Crippen molar-refractivity contribution in [2.45, 2.75) is 25.4 Å². The summed E-state index contributed by atoms with van der Waals surface area (Å²) in [4.78, 5) is 21.7. The Morgan fingerprint density at radius 2 is 2.11 bits per heavy atom. The maximum Gasteiger partial charge on any atom is 0.320 e. The van der Waals surface area contributed by atoms with Crippen molar-refractivity contribution >= 4 is 11.9 Å². The molecule has 0 radical (unpaired) electrons. The number of benzene rings is 1. The van der Waals surface area contributed by atoms with Crippen molar-refractivity contribution in [1.82, 2.24) is 5.32 Å². The van der Waals surface area contributed by atoms with E-state index >= 15 is 0 Å². The average molecular weight is 266 g/mol. The third-order valence-corrected chi connectivity index (χ3v) is 2.71. The molecule has 0 aliphatic heterocycles. The maximum atomic E-state index is 11.0. The lowest BCUT2D eigenvalue weighted by atomic mass is 10.1. The van der Waals surface area contributed by atoms with E-state index in [0.29, 0.717) is 12.3 Å². The lowest BCUT2D eigenvalue weighted by Gasteiger charge is -2.15. The number of carbonyl (C=O) groups excluding carboxylic acids is 1. The first-order chi connectivity index (χ1) is 9.04. The molecule has 0 bridgehead atoms. The standard InChI is InChI=1S/C13H18N2O4/c1-19-11-5-3-2-4-9(11)8-15-10(13(17)18)6-7-12(14)16/h2-5,10,15H,6-8H2,1H3,(H2,14,16)(H,17,18). The summed E-state index contributed by atoms with van der Waals surface area (Å²) in [6.07, 6.45) is 0.204. The number of para-hydroxylation sites is 1. The molecule has 1 rings (SSSR count). The molecule has 0 spiro atoms. The summed E-state index contributed by atoms with van der Waals surface area (Å²) in [5.41, 5.74) is 5.87. The number of hydrogen-bond acceptors (Lipinski definition) is 4. The minimum absolute atomic E-state index is 0.0376. The molecule has 6 nitrogen and oxygen atoms in total. The number of amides is 1. The smallest absolute Gasteiger partial charge is 0.320 e. The second kappa shape index (κ2) is 7.38. The minimum Gasteiger partial charge on any atom is -0.496 e. The molecule has 0 aliphatic rings. The molecule has 19 heavy (non-hydrogen) atoms. The third-order valence-electron chi connectivity index (χ3n) is 2.71. The summed E-state index contributed by atoms with van der Waals surface area (Å²) in [5.74, 6) is -0.824. The Morgan fingerprint density at radius 1 is 1.42 bits per heavy atom. The van der Waals surface area contributed by atoms with Gasteiger partial charge in [-0.15, -0.1) is 0 Å². The Balaban J connectivity index is 2.60. The summed E-state index contributed by atoms with van der Waals surface area (Å²) < 4.78 is 5.17. The quantitative estimate of drug-likeness (QED) is 0.636. The Bertz CT molecular complexity index is 448. The van der Waals surface area contributed by atoms with Gasteiger partial charge in [0.15, 0.2) is 0 Å². The van der Waals surface area contributed by atoms with E-state index in [4.69, 9.17) is 15.6 Å². The molecule has 0 aliphatic carbocycles. The number of carboxylic acid groups (broad SMARTS) is 1. The molecule has 6 heteroatoms. The van der Waals surface area contributed by atoms with Crippen molar-refractivity contribution in [2.24, 2.45) is 5.73 Å². The van der Waals surface area contributed by atoms with E-state index in [2.05, 4.69) is 5.32 Å². The van der Waals surface area contributed by atoms with Crippen LogP contribution >= 0.6 is 0 Å². The number of aliphatic carboxylic acids is 1. The van der Waals surface area contributed by atoms with Gasteiger partial charge in [-0.2, -0.15) is 0 Å². The fourth-order valence-corrected chi connectivity index (χ4v) is 1.68. The minimum atomic E-state index is -1.00. The van der Waals surface area contributed by atoms with E-state index in [1.54, 1.807) is 13.2 Å². The van der Waals surface area contributed by atoms with Crippen LogP contribution < -0.4 is 15.8 Å². The lowest BCUT2D eigenvalue weighted by molar-refractivity contribution is -0.139. The zero-order chi connectivity index (χ0) is 14.3. The molecule has 1 aromatic carbocycles. The van der Waals surface area contributed by atoms with Crippen LogP contribution in [0.5, 0.6) is 5.75 Å². The molecule has 1 aromatic rings. The number of primary amides is 1. The van der Waals surface area contributed by atoms with Gasteiger partial charge in [0.05, 0.1) is 7.11 Å². The Morgan fingerprint density at radius 3 is 2.68 bits per heavy atom. The molecular weight excluding hydrogens is 248 g/mol. The highest BCUT2D eigenvalue weighted by molar-refractivity contribution is 5.77. The van der Waals surface area contributed by atoms with Crippen molar-refractivity contribution in [2.75, 3.05) is 7.11 Å². The highest BCUT2D eigenvalue weighted by Crippen LogP contribution is 2.17. The highest BCUT2D eigenvalue weighted by Gasteiger charge is 2.17. The number of methoxy groups -OCH3 is 1. The van der Waals surface area contributed by atoms with Crippen LogP contribution in [0.4, 0.5) is 0 Å². The fraction of sp³-hybridized carbons (Fsp3) is 0.385. The second-order valence-corrected chi connectivity index (χ2v) is 4.09. The van der Waals surface area contributed by atoms with Gasteiger partial charge in [0, 0.05) is 18.5 Å². The van der Waals surface area contributed by atoms with E-state index < -0.39 is 17.9 Å². The predicted octanol–water partition coefficient (Wildman–Crippen LogP) is 0.503. The third kappa shape index (κ3) is 4.97. The molecule has 4 N–H and O–H groups in total. The largest absolute Gasteiger partial charge is 0.496 e. The Hall–Kier alpha value is -2.08. The second-order valence-electron chi connectivity index (χ2n) is 4.09. The number of nitrogens with one attached hydrogen (secondary N) is 1. The van der Waals surface area contributed by atoms with E-state index in [-0.39, 0.29) is 12.8 Å². The number of ether oxygens (including phenoxy) is 1. The molecule has 0 heterocycles. The van der Waals surface area contributed by atoms with Crippen molar-refractivity contribution in [3.63, 3.8) is 0 Å². The molecule has 104 valence electrons. The topological polar surface area (TPSA) is 102 Å². The Kier molecular flexibility index (Phi) is 5.81. The number of carbonyl (C=O) groups is 2. The van der Waals surface area contributed by atoms with Gasteiger partial charge in [0.2, 0.25) is 5.91 Å². The molecule has 0 saturated heterocycles. The highest BCUT2D eigenvalue weighted by atomic mass is 16.5. The summed E-state index contributed by atoms with van der Waals surface area (Å²) >= 11 is 0. The molecule has 0 fully saturated rings. The SMILES string of the molecule is COc1ccccc1CNC(CCC(N)=O)C(=O)O. The normalized spacial score (nSPS) is 11.8. The number of nitrogens with two attached hydrogens (primary N) is 1. The van der Waals surface area contributed by atoms with Gasteiger partial charge in [0.1, 0.15) is 11.8 Å². The van der Waals surface area contributed by atoms with E-state index in [0.717, 1.165) is 5.56 Å². The molecular formula is C13H18N2O4. The monoisotopic (exact) mass is 266 g/mol. The van der Waals surface area contributed by atoms with Gasteiger partial charge >= 0.3 is 5.97 Å². The lowest BCUT2D eigenvalue weighted by Crippen LogP contribution is -2.37. The number of rotatable bonds is 8. The van der Waals surface area contributed by atoms with Crippen LogP contribution in [0.25, 0.3) is 0 Å². The van der Waals surface area contributed by atoms with Crippen molar-refractivity contribution in [3.8, 4) is 5.75 Å². The van der Waals surface area contributed by atoms with Crippen LogP contribution in [-0.4, -0.2) is 30.1 Å². The van der Waals surface area contributed by atoms with Crippen molar-refractivity contribution in [3.05, 3.63) is 29.8 Å². The Labute approximate surface area is 111 Å². The van der Waals surface area contributed by atoms with Gasteiger partial charge in [0.25, 0.3) is 0 Å². The molecule has 1 amide bonds. The zero-order valence-electron chi connectivity index (χ0n) is 10.8. The number of hydrogen-bond donors (Lipinski definition) is 3. The summed E-state index contributed by atoms with van der Waals surface area (Å²) in [7, 11) is 1.56. The van der Waals surface area contributed by atoms with Crippen molar-refractivity contribution < 1.29 is 19.4 Å². The van der Waals surface area contributed by atoms with Gasteiger partial charge in [-0.1, -0.05) is 18.2 Å². The molecule has 0 aromatic heterocycles. The predicted molar refractivity (Wildman–Crippen MR) is 69.7 cm³/mol. The van der Waals surface area contributed by atoms with Crippen LogP contribution in [0.15, 0.2) is 24.3 Å². The molecule has 1 unspecified atom stereocenters. The van der Waals surface area contributed by atoms with Crippen LogP contribution in [0, 0.1) is 0 Å². The van der Waals surface area contributed by atoms with Crippen LogP contribution in [0.3, 0.4) is 0 Å². The van der Waals surface area contributed by atoms with Gasteiger partial charge in [-0.3, -0.25) is 9.59 Å². The first-order valence-electron chi connectivity index (χ1n) is 5.91. The number of carboxylic acids is 1. The molecule has 1 atom stereocenters. The van der Waals surface area contributed by atoms with Gasteiger partial charge in [-0.25, -0.2) is 0 Å². The maximum absolute atomic E-state index is 11.0. The van der Waals surface area contributed by atoms with Gasteiger partial charge in [-0.05, 0) is 12.5 Å². The first-order valence-corrected chi connectivity index (χ1v) is 5.91. The average Bonchev–Trinajstić information content (AvgIpc) is 2.38. The van der Waals surface area contributed by atoms with Crippen LogP contribution in [0.2, 0.25) is 0 Å². The molecule has 0 saturated carbocycles. The van der Waals surface area contributed by atoms with E-state index in [1.807, 2.05) is 18.2 Å². The van der Waals surface area contributed by atoms with E-state index in [1.165, 1.54) is 0 Å². The van der Waals surface area contributed by atoms with Crippen LogP contribution in [-0.2, 0) is 16.1 Å². The van der Waals surface area contributed by atoms with Gasteiger partial charge < -0.3 is 20.9 Å².